The highest BCUT2D eigenvalue weighted by molar-refractivity contribution is 9.10. The first-order valence-corrected chi connectivity index (χ1v) is 8.78. The molecule has 2 aromatic carbocycles. The summed E-state index contributed by atoms with van der Waals surface area (Å²) in [7, 11) is 0. The van der Waals surface area contributed by atoms with E-state index >= 15 is 0 Å². The summed E-state index contributed by atoms with van der Waals surface area (Å²) in [5.74, 6) is 0. The Morgan fingerprint density at radius 1 is 1.05 bits per heavy atom. The molecule has 108 valence electrons. The van der Waals surface area contributed by atoms with Gasteiger partial charge in [0.1, 0.15) is 0 Å². The van der Waals surface area contributed by atoms with Crippen LogP contribution in [0.3, 0.4) is 0 Å². The molecule has 2 nitrogen and oxygen atoms in total. The van der Waals surface area contributed by atoms with Crippen LogP contribution >= 0.6 is 27.3 Å². The van der Waals surface area contributed by atoms with E-state index in [4.69, 9.17) is 4.98 Å². The van der Waals surface area contributed by atoms with Gasteiger partial charge >= 0.3 is 0 Å². The first kappa shape index (κ1) is 13.9. The van der Waals surface area contributed by atoms with Crippen LogP contribution in [0.2, 0.25) is 0 Å². The van der Waals surface area contributed by atoms with Gasteiger partial charge in [0.15, 0.2) is 0 Å². The van der Waals surface area contributed by atoms with Crippen LogP contribution in [0.25, 0.3) is 10.4 Å². The van der Waals surface area contributed by atoms with E-state index in [1.54, 1.807) is 11.3 Å². The van der Waals surface area contributed by atoms with Gasteiger partial charge in [-0.1, -0.05) is 63.7 Å². The van der Waals surface area contributed by atoms with Crippen LogP contribution < -0.4 is 0 Å². The topological polar surface area (TPSA) is 25.2 Å². The molecule has 0 radical (unpaired) electrons. The fourth-order valence-electron chi connectivity index (χ4n) is 2.67. The van der Waals surface area contributed by atoms with Crippen molar-refractivity contribution in [2.45, 2.75) is 12.8 Å². The van der Waals surface area contributed by atoms with Crippen LogP contribution in [0, 0.1) is 0 Å². The van der Waals surface area contributed by atoms with Gasteiger partial charge in [-0.25, -0.2) is 9.98 Å². The minimum Gasteiger partial charge on any atom is -0.227 e. The standard InChI is InChI=1S/C18H13BrN2S/c19-14-8-5-12(6-9-14)11-20-18-21-16-10-7-13-3-1-2-4-15(13)17(16)22-18/h1-6,8-9,11H,7,10H2. The van der Waals surface area contributed by atoms with E-state index in [1.807, 2.05) is 30.5 Å². The van der Waals surface area contributed by atoms with Gasteiger partial charge in [-0.3, -0.25) is 0 Å². The highest BCUT2D eigenvalue weighted by Crippen LogP contribution is 2.40. The Balaban J connectivity index is 1.66. The second-order valence-electron chi connectivity index (χ2n) is 5.24. The van der Waals surface area contributed by atoms with Crippen LogP contribution in [0.15, 0.2) is 58.0 Å². The SMILES string of the molecule is Brc1ccc(C=Nc2nc3c(s2)-c2ccccc2CC3)cc1. The monoisotopic (exact) mass is 368 g/mol. The number of halogens is 1. The quantitative estimate of drug-likeness (QED) is 0.554. The van der Waals surface area contributed by atoms with Gasteiger partial charge in [0.2, 0.25) is 5.13 Å². The number of hydrogen-bond acceptors (Lipinski definition) is 3. The van der Waals surface area contributed by atoms with Crippen molar-refractivity contribution in [3.63, 3.8) is 0 Å². The number of aliphatic imine (C=N–C) groups is 1. The largest absolute Gasteiger partial charge is 0.227 e. The molecule has 22 heavy (non-hydrogen) atoms. The van der Waals surface area contributed by atoms with Gasteiger partial charge in [0, 0.05) is 10.7 Å². The molecule has 0 saturated carbocycles. The Bertz CT molecular complexity index is 850. The van der Waals surface area contributed by atoms with Gasteiger partial charge in [0.05, 0.1) is 10.6 Å². The van der Waals surface area contributed by atoms with Crippen LogP contribution in [0.1, 0.15) is 16.8 Å². The molecule has 1 aliphatic carbocycles. The molecule has 0 bridgehead atoms. The van der Waals surface area contributed by atoms with Gasteiger partial charge in [0.25, 0.3) is 0 Å². The van der Waals surface area contributed by atoms with Crippen molar-refractivity contribution in [3.8, 4) is 10.4 Å². The average Bonchev–Trinajstić information content (AvgIpc) is 2.98. The molecule has 0 aliphatic heterocycles. The number of thiazole rings is 1. The molecule has 1 aromatic heterocycles. The predicted octanol–water partition coefficient (Wildman–Crippen LogP) is 5.42. The van der Waals surface area contributed by atoms with E-state index in [-0.39, 0.29) is 0 Å². The molecule has 0 unspecified atom stereocenters. The van der Waals surface area contributed by atoms with Gasteiger partial charge in [-0.2, -0.15) is 0 Å². The molecule has 3 aromatic rings. The number of benzene rings is 2. The number of fused-ring (bicyclic) bond motifs is 3. The first-order valence-electron chi connectivity index (χ1n) is 7.17. The number of hydrogen-bond donors (Lipinski definition) is 0. The summed E-state index contributed by atoms with van der Waals surface area (Å²) in [6.45, 7) is 0. The average molecular weight is 369 g/mol. The smallest absolute Gasteiger partial charge is 0.209 e. The number of aryl methyl sites for hydroxylation is 2. The molecular formula is C18H13BrN2S. The molecular weight excluding hydrogens is 356 g/mol. The van der Waals surface area contributed by atoms with Crippen molar-refractivity contribution >= 4 is 38.6 Å². The van der Waals surface area contributed by atoms with Crippen LogP contribution in [0.4, 0.5) is 5.13 Å². The number of nitrogens with zero attached hydrogens (tertiary/aromatic N) is 2. The molecule has 0 fully saturated rings. The zero-order valence-electron chi connectivity index (χ0n) is 11.8. The van der Waals surface area contributed by atoms with E-state index in [0.717, 1.165) is 28.0 Å². The lowest BCUT2D eigenvalue weighted by atomic mass is 9.94. The minimum atomic E-state index is 0.838. The third-order valence-corrected chi connectivity index (χ3v) is 5.34. The third-order valence-electron chi connectivity index (χ3n) is 3.77. The van der Waals surface area contributed by atoms with E-state index in [2.05, 4.69) is 45.2 Å². The Labute approximate surface area is 141 Å². The van der Waals surface area contributed by atoms with E-state index in [0.29, 0.717) is 0 Å². The maximum absolute atomic E-state index is 4.69. The molecule has 1 aliphatic rings. The first-order chi connectivity index (χ1) is 10.8. The van der Waals surface area contributed by atoms with Gasteiger partial charge < -0.3 is 0 Å². The van der Waals surface area contributed by atoms with Crippen LogP contribution in [-0.4, -0.2) is 11.2 Å². The van der Waals surface area contributed by atoms with Gasteiger partial charge in [-0.15, -0.1) is 0 Å². The predicted molar refractivity (Wildman–Crippen MR) is 96.4 cm³/mol. The van der Waals surface area contributed by atoms with Crippen molar-refractivity contribution < 1.29 is 0 Å². The molecule has 1 heterocycles. The molecule has 4 heteroatoms. The van der Waals surface area contributed by atoms with Crippen molar-refractivity contribution in [3.05, 3.63) is 69.8 Å². The highest BCUT2D eigenvalue weighted by Gasteiger charge is 2.19. The summed E-state index contributed by atoms with van der Waals surface area (Å²) in [6, 6.07) is 16.7. The van der Waals surface area contributed by atoms with Gasteiger partial charge in [-0.05, 0) is 41.7 Å². The van der Waals surface area contributed by atoms with E-state index in [9.17, 15) is 0 Å². The lowest BCUT2D eigenvalue weighted by molar-refractivity contribution is 0.910. The van der Waals surface area contributed by atoms with Crippen molar-refractivity contribution in [1.82, 2.24) is 4.98 Å². The third kappa shape index (κ3) is 2.64. The molecule has 0 amide bonds. The van der Waals surface area contributed by atoms with E-state index < -0.39 is 0 Å². The Morgan fingerprint density at radius 2 is 1.86 bits per heavy atom. The van der Waals surface area contributed by atoms with Crippen LogP contribution in [0.5, 0.6) is 0 Å². The molecule has 0 N–H and O–H groups in total. The molecule has 0 atom stereocenters. The second-order valence-corrected chi connectivity index (χ2v) is 7.13. The lowest BCUT2D eigenvalue weighted by Gasteiger charge is -2.13. The van der Waals surface area contributed by atoms with Crippen molar-refractivity contribution in [2.24, 2.45) is 4.99 Å². The summed E-state index contributed by atoms with van der Waals surface area (Å²) in [4.78, 5) is 10.5. The Morgan fingerprint density at radius 3 is 2.73 bits per heavy atom. The summed E-state index contributed by atoms with van der Waals surface area (Å²) < 4.78 is 1.07. The maximum atomic E-state index is 4.69. The molecule has 0 spiro atoms. The van der Waals surface area contributed by atoms with Crippen LogP contribution in [-0.2, 0) is 12.8 Å². The fourth-order valence-corrected chi connectivity index (χ4v) is 3.95. The number of aromatic nitrogens is 1. The van der Waals surface area contributed by atoms with Crippen molar-refractivity contribution in [1.29, 1.82) is 0 Å². The fraction of sp³-hybridized carbons (Fsp3) is 0.111. The Hall–Kier alpha value is -1.78. The Kier molecular flexibility index (Phi) is 3.64. The van der Waals surface area contributed by atoms with E-state index in [1.165, 1.54) is 21.7 Å². The lowest BCUT2D eigenvalue weighted by Crippen LogP contribution is -2.01. The highest BCUT2D eigenvalue weighted by atomic mass is 79.9. The second kappa shape index (κ2) is 5.78. The summed E-state index contributed by atoms with van der Waals surface area (Å²) >= 11 is 5.12. The van der Waals surface area contributed by atoms with Crippen molar-refractivity contribution in [2.75, 3.05) is 0 Å². The normalized spacial score (nSPS) is 13.1. The number of rotatable bonds is 2. The molecule has 0 saturated heterocycles. The summed E-state index contributed by atoms with van der Waals surface area (Å²) in [5.41, 5.74) is 5.01. The zero-order chi connectivity index (χ0) is 14.9. The maximum Gasteiger partial charge on any atom is 0.209 e. The summed E-state index contributed by atoms with van der Waals surface area (Å²) in [5, 5.41) is 0.838. The molecule has 4 rings (SSSR count). The minimum absolute atomic E-state index is 0.838. The summed E-state index contributed by atoms with van der Waals surface area (Å²) in [6.07, 6.45) is 3.96. The zero-order valence-corrected chi connectivity index (χ0v) is 14.2.